The first-order valence-corrected chi connectivity index (χ1v) is 5.08. The van der Waals surface area contributed by atoms with E-state index in [-0.39, 0.29) is 5.78 Å². The molecule has 0 radical (unpaired) electrons. The highest BCUT2D eigenvalue weighted by molar-refractivity contribution is 6.05. The summed E-state index contributed by atoms with van der Waals surface area (Å²) in [4.78, 5) is 11.9. The lowest BCUT2D eigenvalue weighted by Gasteiger charge is -2.08. The molecule has 2 N–H and O–H groups in total. The minimum Gasteiger partial charge on any atom is -0.319 e. The van der Waals surface area contributed by atoms with Crippen molar-refractivity contribution in [3.63, 3.8) is 0 Å². The van der Waals surface area contributed by atoms with Gasteiger partial charge in [-0.25, -0.2) is 0 Å². The Balaban J connectivity index is 2.27. The molecule has 2 rings (SSSR count). The maximum atomic E-state index is 11.9. The normalized spacial score (nSPS) is 17.9. The van der Waals surface area contributed by atoms with Crippen LogP contribution in [0.4, 0.5) is 0 Å². The molecular weight excluding hydrogens is 174 g/mol. The maximum Gasteiger partial charge on any atom is 0.182 e. The van der Waals surface area contributed by atoms with Crippen molar-refractivity contribution < 1.29 is 4.79 Å². The molecule has 0 spiro atoms. The SMILES string of the molecule is CCc1cccc(C(=O)C2(N)CC2)c1. The topological polar surface area (TPSA) is 43.1 Å². The van der Waals surface area contributed by atoms with E-state index in [0.29, 0.717) is 0 Å². The molecule has 0 bridgehead atoms. The van der Waals surface area contributed by atoms with Gasteiger partial charge in [-0.15, -0.1) is 0 Å². The summed E-state index contributed by atoms with van der Waals surface area (Å²) in [6.07, 6.45) is 2.63. The number of ketones is 1. The number of benzene rings is 1. The van der Waals surface area contributed by atoms with Crippen LogP contribution in [0.15, 0.2) is 24.3 Å². The van der Waals surface area contributed by atoms with Crippen molar-refractivity contribution in [2.75, 3.05) is 0 Å². The van der Waals surface area contributed by atoms with Crippen molar-refractivity contribution in [3.8, 4) is 0 Å². The summed E-state index contributed by atoms with van der Waals surface area (Å²) in [5.41, 5.74) is 7.29. The smallest absolute Gasteiger partial charge is 0.182 e. The molecule has 0 aromatic heterocycles. The summed E-state index contributed by atoms with van der Waals surface area (Å²) in [5.74, 6) is 0.104. The summed E-state index contributed by atoms with van der Waals surface area (Å²) in [6.45, 7) is 2.08. The zero-order valence-corrected chi connectivity index (χ0v) is 8.42. The van der Waals surface area contributed by atoms with Crippen LogP contribution in [0.3, 0.4) is 0 Å². The first-order valence-electron chi connectivity index (χ1n) is 5.08. The molecule has 1 aromatic carbocycles. The Morgan fingerprint density at radius 3 is 2.79 bits per heavy atom. The average molecular weight is 189 g/mol. The zero-order chi connectivity index (χ0) is 10.2. The third-order valence-corrected chi connectivity index (χ3v) is 2.84. The summed E-state index contributed by atoms with van der Waals surface area (Å²) >= 11 is 0. The number of hydrogen-bond donors (Lipinski definition) is 1. The largest absolute Gasteiger partial charge is 0.319 e. The van der Waals surface area contributed by atoms with Crippen molar-refractivity contribution in [2.24, 2.45) is 5.73 Å². The van der Waals surface area contributed by atoms with E-state index < -0.39 is 5.54 Å². The maximum absolute atomic E-state index is 11.9. The second-order valence-electron chi connectivity index (χ2n) is 4.04. The van der Waals surface area contributed by atoms with Gasteiger partial charge in [0.25, 0.3) is 0 Å². The predicted molar refractivity (Wildman–Crippen MR) is 56.3 cm³/mol. The second-order valence-corrected chi connectivity index (χ2v) is 4.04. The molecule has 1 aromatic rings. The average Bonchev–Trinajstić information content (AvgIpc) is 2.97. The number of carbonyl (C=O) groups is 1. The van der Waals surface area contributed by atoms with Gasteiger partial charge in [-0.2, -0.15) is 0 Å². The highest BCUT2D eigenvalue weighted by Gasteiger charge is 2.45. The van der Waals surface area contributed by atoms with Crippen LogP contribution in [0, 0.1) is 0 Å². The number of rotatable bonds is 3. The van der Waals surface area contributed by atoms with Crippen LogP contribution in [-0.2, 0) is 6.42 Å². The van der Waals surface area contributed by atoms with Crippen molar-refractivity contribution in [2.45, 2.75) is 31.7 Å². The van der Waals surface area contributed by atoms with Crippen LogP contribution in [-0.4, -0.2) is 11.3 Å². The highest BCUT2D eigenvalue weighted by atomic mass is 16.1. The van der Waals surface area contributed by atoms with Gasteiger partial charge in [0.1, 0.15) is 0 Å². The molecule has 74 valence electrons. The van der Waals surface area contributed by atoms with Gasteiger partial charge >= 0.3 is 0 Å². The van der Waals surface area contributed by atoms with Crippen LogP contribution in [0.5, 0.6) is 0 Å². The fourth-order valence-electron chi connectivity index (χ4n) is 1.58. The van der Waals surface area contributed by atoms with E-state index in [1.807, 2.05) is 24.3 Å². The molecule has 0 amide bonds. The highest BCUT2D eigenvalue weighted by Crippen LogP contribution is 2.35. The standard InChI is InChI=1S/C12H15NO/c1-2-9-4-3-5-10(8-9)11(14)12(13)6-7-12/h3-5,8H,2,6-7,13H2,1H3. The number of nitrogens with two attached hydrogens (primary N) is 1. The van der Waals surface area contributed by atoms with E-state index in [1.54, 1.807) is 0 Å². The minimum atomic E-state index is -0.535. The molecule has 14 heavy (non-hydrogen) atoms. The second kappa shape index (κ2) is 3.21. The molecule has 1 aliphatic rings. The van der Waals surface area contributed by atoms with Gasteiger partial charge in [0, 0.05) is 5.56 Å². The number of aryl methyl sites for hydroxylation is 1. The van der Waals surface area contributed by atoms with Gasteiger partial charge in [-0.05, 0) is 30.9 Å². The molecule has 0 heterocycles. The Kier molecular flexibility index (Phi) is 2.16. The van der Waals surface area contributed by atoms with Gasteiger partial charge in [-0.3, -0.25) is 4.79 Å². The van der Waals surface area contributed by atoms with E-state index in [0.717, 1.165) is 24.8 Å². The fourth-order valence-corrected chi connectivity index (χ4v) is 1.58. The van der Waals surface area contributed by atoms with Crippen LogP contribution in [0.1, 0.15) is 35.7 Å². The molecule has 0 atom stereocenters. The Morgan fingerprint density at radius 2 is 2.21 bits per heavy atom. The number of Topliss-reactive ketones (excluding diaryl/α,β-unsaturated/α-hetero) is 1. The Labute approximate surface area is 84.1 Å². The Hall–Kier alpha value is -1.15. The van der Waals surface area contributed by atoms with Crippen LogP contribution >= 0.6 is 0 Å². The lowest BCUT2D eigenvalue weighted by Crippen LogP contribution is -2.32. The lowest BCUT2D eigenvalue weighted by atomic mass is 10.0. The van der Waals surface area contributed by atoms with Gasteiger partial charge in [0.2, 0.25) is 0 Å². The number of carbonyl (C=O) groups excluding carboxylic acids is 1. The van der Waals surface area contributed by atoms with Crippen LogP contribution < -0.4 is 5.73 Å². The molecule has 0 saturated heterocycles. The summed E-state index contributed by atoms with van der Waals surface area (Å²) in [5, 5.41) is 0. The van der Waals surface area contributed by atoms with E-state index in [2.05, 4.69) is 6.92 Å². The van der Waals surface area contributed by atoms with E-state index >= 15 is 0 Å². The van der Waals surface area contributed by atoms with Crippen molar-refractivity contribution in [3.05, 3.63) is 35.4 Å². The monoisotopic (exact) mass is 189 g/mol. The molecule has 1 fully saturated rings. The molecular formula is C12H15NO. The first kappa shape index (κ1) is 9.41. The van der Waals surface area contributed by atoms with Gasteiger partial charge in [-0.1, -0.05) is 25.1 Å². The van der Waals surface area contributed by atoms with Crippen LogP contribution in [0.2, 0.25) is 0 Å². The fraction of sp³-hybridized carbons (Fsp3) is 0.417. The summed E-state index contributed by atoms with van der Waals surface area (Å²) in [7, 11) is 0. The third kappa shape index (κ3) is 1.58. The van der Waals surface area contributed by atoms with Gasteiger partial charge in [0.05, 0.1) is 5.54 Å². The van der Waals surface area contributed by atoms with Gasteiger partial charge in [0.15, 0.2) is 5.78 Å². The molecule has 2 nitrogen and oxygen atoms in total. The van der Waals surface area contributed by atoms with E-state index in [9.17, 15) is 4.79 Å². The van der Waals surface area contributed by atoms with Crippen molar-refractivity contribution in [1.82, 2.24) is 0 Å². The van der Waals surface area contributed by atoms with Gasteiger partial charge < -0.3 is 5.73 Å². The van der Waals surface area contributed by atoms with Crippen molar-refractivity contribution in [1.29, 1.82) is 0 Å². The summed E-state index contributed by atoms with van der Waals surface area (Å²) < 4.78 is 0. The molecule has 2 heteroatoms. The van der Waals surface area contributed by atoms with E-state index in [4.69, 9.17) is 5.73 Å². The quantitative estimate of drug-likeness (QED) is 0.738. The van der Waals surface area contributed by atoms with Crippen LogP contribution in [0.25, 0.3) is 0 Å². The molecule has 1 saturated carbocycles. The first-order chi connectivity index (χ1) is 6.65. The molecule has 0 aliphatic heterocycles. The van der Waals surface area contributed by atoms with Crippen molar-refractivity contribution >= 4 is 5.78 Å². The molecule has 0 unspecified atom stereocenters. The zero-order valence-electron chi connectivity index (χ0n) is 8.42. The predicted octanol–water partition coefficient (Wildman–Crippen LogP) is 1.92. The minimum absolute atomic E-state index is 0.104. The Morgan fingerprint density at radius 1 is 1.50 bits per heavy atom. The third-order valence-electron chi connectivity index (χ3n) is 2.84. The Bertz CT molecular complexity index is 366. The summed E-state index contributed by atoms with van der Waals surface area (Å²) in [6, 6.07) is 7.77. The van der Waals surface area contributed by atoms with E-state index in [1.165, 1.54) is 5.56 Å². The lowest BCUT2D eigenvalue weighted by molar-refractivity contribution is 0.0949. The number of hydrogen-bond acceptors (Lipinski definition) is 2. The molecule has 1 aliphatic carbocycles.